The Hall–Kier alpha value is -2.85. The lowest BCUT2D eigenvalue weighted by molar-refractivity contribution is -0.298. The third kappa shape index (κ3) is 9.44. The van der Waals surface area contributed by atoms with Crippen LogP contribution in [0.4, 0.5) is 0 Å². The number of rotatable bonds is 9. The summed E-state index contributed by atoms with van der Waals surface area (Å²) in [4.78, 5) is 33.4. The van der Waals surface area contributed by atoms with Crippen LogP contribution in [-0.2, 0) is 35.0 Å². The molecule has 0 amide bonds. The second-order valence-electron chi connectivity index (χ2n) is 15.7. The minimum absolute atomic E-state index is 0.217. The molecule has 13 atom stereocenters. The summed E-state index contributed by atoms with van der Waals surface area (Å²) in [5.41, 5.74) is -1.25. The molecule has 0 bridgehead atoms. The van der Waals surface area contributed by atoms with E-state index in [1.165, 1.54) is 6.92 Å². The Labute approximate surface area is 308 Å². The number of aliphatic hydroxyl groups is 3. The standard InChI is InChI=1S/C38H61N5O9/c1-11-30-38(8,48)33(46)26(6)31(44)24(4)20-37(7,49-10)34(22(2)18-23(3)35(47)51-30)52-36-32(45)29(19-25(5)50-36)42(9)17-14-27-21-43(41-40-27)28-12-15-39-16-13-28/h12-13,15-16,21-26,29-30,32-34,36,45-46,48H,11,14,17-20H2,1-10H3/t22-,23+,24+,25+,26-,29-,30+,32+,33+,34+,36-,37+,38+/m0/s1. The minimum atomic E-state index is -1.85. The van der Waals surface area contributed by atoms with Crippen LogP contribution in [0, 0.1) is 23.7 Å². The summed E-state index contributed by atoms with van der Waals surface area (Å²) in [7, 11) is 3.51. The van der Waals surface area contributed by atoms with Crippen molar-refractivity contribution in [1.82, 2.24) is 24.9 Å². The number of hydrogen-bond donors (Lipinski definition) is 3. The van der Waals surface area contributed by atoms with Gasteiger partial charge in [0, 0.05) is 50.3 Å². The van der Waals surface area contributed by atoms with Crippen LogP contribution in [0.1, 0.15) is 86.8 Å². The molecular weight excluding hydrogens is 670 g/mol. The predicted octanol–water partition coefficient (Wildman–Crippen LogP) is 3.13. The van der Waals surface area contributed by atoms with Crippen LogP contribution < -0.4 is 0 Å². The Balaban J connectivity index is 1.56. The van der Waals surface area contributed by atoms with Crippen molar-refractivity contribution in [2.24, 2.45) is 23.7 Å². The van der Waals surface area contributed by atoms with Crippen LogP contribution in [0.2, 0.25) is 0 Å². The number of nitrogens with zero attached hydrogens (tertiary/aromatic N) is 5. The average Bonchev–Trinajstić information content (AvgIpc) is 3.60. The van der Waals surface area contributed by atoms with Crippen molar-refractivity contribution in [2.75, 3.05) is 20.7 Å². The van der Waals surface area contributed by atoms with Gasteiger partial charge in [0.05, 0.1) is 47.4 Å². The lowest BCUT2D eigenvalue weighted by Crippen LogP contribution is -2.59. The van der Waals surface area contributed by atoms with Gasteiger partial charge in [-0.15, -0.1) is 5.10 Å². The number of ketones is 1. The molecule has 4 heterocycles. The summed E-state index contributed by atoms with van der Waals surface area (Å²) >= 11 is 0. The highest BCUT2D eigenvalue weighted by Gasteiger charge is 2.50. The smallest absolute Gasteiger partial charge is 0.309 e. The first kappa shape index (κ1) is 41.9. The largest absolute Gasteiger partial charge is 0.459 e. The van der Waals surface area contributed by atoms with Crippen LogP contribution in [0.3, 0.4) is 0 Å². The molecular formula is C38H61N5O9. The van der Waals surface area contributed by atoms with E-state index in [1.807, 2.05) is 46.1 Å². The number of likely N-dealkylation sites (N-methyl/N-ethyl adjacent to an activating group) is 1. The fourth-order valence-electron chi connectivity index (χ4n) is 8.07. The first-order valence-electron chi connectivity index (χ1n) is 18.6. The van der Waals surface area contributed by atoms with E-state index in [4.69, 9.17) is 18.9 Å². The van der Waals surface area contributed by atoms with Gasteiger partial charge >= 0.3 is 5.97 Å². The Morgan fingerprint density at radius 2 is 1.73 bits per heavy atom. The van der Waals surface area contributed by atoms with E-state index < -0.39 is 65.6 Å². The molecule has 0 aliphatic carbocycles. The number of esters is 1. The molecule has 0 spiro atoms. The molecule has 2 saturated heterocycles. The van der Waals surface area contributed by atoms with E-state index in [2.05, 4.69) is 20.2 Å². The molecule has 0 radical (unpaired) electrons. The fourth-order valence-corrected chi connectivity index (χ4v) is 8.07. The lowest BCUT2D eigenvalue weighted by Gasteiger charge is -2.47. The molecule has 2 fully saturated rings. The van der Waals surface area contributed by atoms with Crippen molar-refractivity contribution in [3.05, 3.63) is 36.4 Å². The third-order valence-corrected chi connectivity index (χ3v) is 11.4. The van der Waals surface area contributed by atoms with Crippen LogP contribution in [0.5, 0.6) is 0 Å². The van der Waals surface area contributed by atoms with Gasteiger partial charge in [-0.3, -0.25) is 14.6 Å². The first-order valence-corrected chi connectivity index (χ1v) is 18.6. The monoisotopic (exact) mass is 731 g/mol. The summed E-state index contributed by atoms with van der Waals surface area (Å²) in [5, 5.41) is 43.0. The zero-order chi connectivity index (χ0) is 38.5. The molecule has 2 aliphatic rings. The molecule has 292 valence electrons. The predicted molar refractivity (Wildman–Crippen MR) is 192 cm³/mol. The number of carbonyl (C=O) groups is 2. The number of methoxy groups -OCH3 is 1. The Morgan fingerprint density at radius 3 is 2.37 bits per heavy atom. The number of carbonyl (C=O) groups excluding carboxylic acids is 2. The van der Waals surface area contributed by atoms with Crippen molar-refractivity contribution in [1.29, 1.82) is 0 Å². The molecule has 4 rings (SSSR count). The van der Waals surface area contributed by atoms with Gasteiger partial charge < -0.3 is 39.2 Å². The maximum absolute atomic E-state index is 13.8. The molecule has 2 aromatic rings. The molecule has 0 saturated carbocycles. The number of aliphatic hydroxyl groups excluding tert-OH is 2. The van der Waals surface area contributed by atoms with Crippen LogP contribution in [0.25, 0.3) is 5.69 Å². The summed E-state index contributed by atoms with van der Waals surface area (Å²) < 4.78 is 26.7. The molecule has 0 unspecified atom stereocenters. The molecule has 52 heavy (non-hydrogen) atoms. The van der Waals surface area contributed by atoms with Gasteiger partial charge in [0.15, 0.2) is 6.29 Å². The van der Waals surface area contributed by atoms with Gasteiger partial charge in [0.1, 0.15) is 23.6 Å². The topological polar surface area (TPSA) is 179 Å². The Morgan fingerprint density at radius 1 is 1.06 bits per heavy atom. The molecule has 2 aromatic heterocycles. The Kier molecular flexibility index (Phi) is 14.1. The van der Waals surface area contributed by atoms with Crippen molar-refractivity contribution < 1.29 is 43.9 Å². The summed E-state index contributed by atoms with van der Waals surface area (Å²) in [6, 6.07) is 3.41. The number of ether oxygens (including phenoxy) is 4. The zero-order valence-electron chi connectivity index (χ0n) is 32.5. The highest BCUT2D eigenvalue weighted by molar-refractivity contribution is 5.83. The minimum Gasteiger partial charge on any atom is -0.459 e. The van der Waals surface area contributed by atoms with E-state index in [0.29, 0.717) is 25.8 Å². The number of cyclic esters (lactones) is 1. The van der Waals surface area contributed by atoms with Gasteiger partial charge in [-0.2, -0.15) is 0 Å². The number of Topliss-reactive ketones (excluding diaryl/α,β-unsaturated/α-hetero) is 1. The van der Waals surface area contributed by atoms with Crippen molar-refractivity contribution in [3.63, 3.8) is 0 Å². The normalized spacial score (nSPS) is 38.5. The lowest BCUT2D eigenvalue weighted by atomic mass is 9.74. The highest BCUT2D eigenvalue weighted by Crippen LogP contribution is 2.39. The second kappa shape index (κ2) is 17.5. The summed E-state index contributed by atoms with van der Waals surface area (Å²) in [6.07, 6.45) is 1.72. The maximum Gasteiger partial charge on any atom is 0.309 e. The van der Waals surface area contributed by atoms with Gasteiger partial charge in [0.2, 0.25) is 0 Å². The van der Waals surface area contributed by atoms with Gasteiger partial charge in [-0.25, -0.2) is 4.68 Å². The summed E-state index contributed by atoms with van der Waals surface area (Å²) in [5.74, 6) is -3.28. The quantitative estimate of drug-likeness (QED) is 0.321. The van der Waals surface area contributed by atoms with E-state index in [1.54, 1.807) is 51.9 Å². The van der Waals surface area contributed by atoms with Gasteiger partial charge in [-0.1, -0.05) is 39.8 Å². The average molecular weight is 732 g/mol. The van der Waals surface area contributed by atoms with Crippen LogP contribution in [-0.4, -0.2) is 127 Å². The van der Waals surface area contributed by atoms with E-state index in [9.17, 15) is 24.9 Å². The van der Waals surface area contributed by atoms with E-state index >= 15 is 0 Å². The molecule has 14 nitrogen and oxygen atoms in total. The van der Waals surface area contributed by atoms with Crippen molar-refractivity contribution in [2.45, 2.75) is 142 Å². The van der Waals surface area contributed by atoms with E-state index in [-0.39, 0.29) is 36.7 Å². The Bertz CT molecular complexity index is 1460. The highest BCUT2D eigenvalue weighted by atomic mass is 16.7. The molecule has 2 aliphatic heterocycles. The number of hydrogen-bond acceptors (Lipinski definition) is 13. The number of pyridine rings is 1. The van der Waals surface area contributed by atoms with Crippen molar-refractivity contribution >= 4 is 11.8 Å². The maximum atomic E-state index is 13.8. The van der Waals surface area contributed by atoms with Crippen molar-refractivity contribution in [3.8, 4) is 5.69 Å². The number of aromatic nitrogens is 4. The molecule has 3 N–H and O–H groups in total. The van der Waals surface area contributed by atoms with E-state index in [0.717, 1.165) is 11.4 Å². The second-order valence-corrected chi connectivity index (χ2v) is 15.7. The molecule has 14 heteroatoms. The first-order chi connectivity index (χ1) is 24.4. The van der Waals surface area contributed by atoms with Crippen LogP contribution >= 0.6 is 0 Å². The zero-order valence-corrected chi connectivity index (χ0v) is 32.5. The van der Waals surface area contributed by atoms with Crippen LogP contribution in [0.15, 0.2) is 30.7 Å². The fraction of sp³-hybridized carbons (Fsp3) is 0.763. The molecule has 0 aromatic carbocycles. The SMILES string of the molecule is CC[C@H]1OC(=O)[C@H](C)C[C@H](C)[C@@H](O[C@@H]2O[C@H](C)C[C@H](N(C)CCc3cn(-c4ccncc4)nn3)[C@H]2O)[C@](C)(OC)C[C@@H](C)C(=O)[C@H](C)[C@@H](O)[C@]1(C)O. The van der Waals surface area contributed by atoms with Gasteiger partial charge in [0.25, 0.3) is 0 Å². The van der Waals surface area contributed by atoms with Gasteiger partial charge in [-0.05, 0) is 71.6 Å². The third-order valence-electron chi connectivity index (χ3n) is 11.4. The summed E-state index contributed by atoms with van der Waals surface area (Å²) in [6.45, 7) is 14.6.